The lowest BCUT2D eigenvalue weighted by molar-refractivity contribution is -0.115. The van der Waals surface area contributed by atoms with Gasteiger partial charge in [0.05, 0.1) is 24.7 Å². The number of carbonyl (C=O) groups is 1. The van der Waals surface area contributed by atoms with E-state index < -0.39 is 11.4 Å². The van der Waals surface area contributed by atoms with Gasteiger partial charge in [-0.25, -0.2) is 14.1 Å². The zero-order valence-corrected chi connectivity index (χ0v) is 30.7. The smallest absolute Gasteiger partial charge is 0.318 e. The molecular weight excluding hydrogens is 701 g/mol. The van der Waals surface area contributed by atoms with E-state index in [0.29, 0.717) is 28.5 Å². The van der Waals surface area contributed by atoms with Crippen LogP contribution in [0.3, 0.4) is 0 Å². The van der Waals surface area contributed by atoms with Crippen molar-refractivity contribution in [2.45, 2.75) is 18.4 Å². The van der Waals surface area contributed by atoms with Crippen LogP contribution >= 0.6 is 11.6 Å². The summed E-state index contributed by atoms with van der Waals surface area (Å²) in [5, 5.41) is 12.6. The van der Waals surface area contributed by atoms with Crippen LogP contribution in [0.1, 0.15) is 28.7 Å². The van der Waals surface area contributed by atoms with Gasteiger partial charge < -0.3 is 20.3 Å². The summed E-state index contributed by atoms with van der Waals surface area (Å²) in [5.41, 5.74) is 3.99. The molecule has 0 unspecified atom stereocenters. The molecule has 9 nitrogen and oxygen atoms in total. The Bertz CT molecular complexity index is 2240. The van der Waals surface area contributed by atoms with Crippen LogP contribution in [-0.4, -0.2) is 57.8 Å². The van der Waals surface area contributed by atoms with Crippen LogP contribution in [-0.2, 0) is 16.8 Å². The molecule has 11 heteroatoms. The number of hydrogen-bond acceptors (Lipinski definition) is 7. The van der Waals surface area contributed by atoms with Crippen molar-refractivity contribution in [3.8, 4) is 6.01 Å². The first-order valence-corrected chi connectivity index (χ1v) is 18.0. The van der Waals surface area contributed by atoms with Gasteiger partial charge in [0.25, 0.3) is 0 Å². The monoisotopic (exact) mass is 739 g/mol. The van der Waals surface area contributed by atoms with Crippen LogP contribution in [0, 0.1) is 5.82 Å². The third kappa shape index (κ3) is 7.80. The Morgan fingerprint density at radius 3 is 2.04 bits per heavy atom. The number of aromatic nitrogens is 4. The number of rotatable bonds is 14. The quantitative estimate of drug-likeness (QED) is 0.0851. The van der Waals surface area contributed by atoms with E-state index in [1.165, 1.54) is 0 Å². The van der Waals surface area contributed by atoms with Crippen LogP contribution in [0.4, 0.5) is 21.7 Å². The third-order valence-corrected chi connectivity index (χ3v) is 9.33. The number of halogens is 2. The lowest BCUT2D eigenvalue weighted by atomic mass is 9.77. The summed E-state index contributed by atoms with van der Waals surface area (Å²) in [6.45, 7) is 1.22. The summed E-state index contributed by atoms with van der Waals surface area (Å²) in [4.78, 5) is 24.1. The number of ether oxygens (including phenoxy) is 1. The minimum Gasteiger partial charge on any atom is -0.463 e. The number of hydrogen-bond donors (Lipinski definition) is 2. The molecule has 0 aliphatic carbocycles. The molecule has 5 aromatic carbocycles. The minimum atomic E-state index is -0.965. The van der Waals surface area contributed by atoms with Crippen LogP contribution in [0.5, 0.6) is 6.01 Å². The maximum absolute atomic E-state index is 15.1. The van der Waals surface area contributed by atoms with Gasteiger partial charge >= 0.3 is 6.01 Å². The predicted octanol–water partition coefficient (Wildman–Crippen LogP) is 8.71. The molecule has 0 fully saturated rings. The van der Waals surface area contributed by atoms with Crippen LogP contribution in [0.2, 0.25) is 5.02 Å². The number of nitrogens with zero attached hydrogens (tertiary/aromatic N) is 5. The lowest BCUT2D eigenvalue weighted by Crippen LogP contribution is -2.38. The SMILES string of the molecule is CN(C)CCCOc1ncc(F)c(Nc2ccc3c(c2)c(NC(=O)Cc2ccc(Cl)cc2)nn3C(c2ccccc2)(c2ccccc2)c2ccccc2)n1. The molecule has 7 aromatic rings. The molecule has 2 aromatic heterocycles. The van der Waals surface area contributed by atoms with Crippen LogP contribution in [0.15, 0.2) is 140 Å². The molecule has 272 valence electrons. The van der Waals surface area contributed by atoms with E-state index >= 15 is 4.39 Å². The minimum absolute atomic E-state index is 0.0418. The van der Waals surface area contributed by atoms with Gasteiger partial charge in [-0.2, -0.15) is 10.1 Å². The van der Waals surface area contributed by atoms with Crippen LogP contribution in [0.25, 0.3) is 10.9 Å². The van der Waals surface area contributed by atoms with Crippen LogP contribution < -0.4 is 15.4 Å². The Labute approximate surface area is 318 Å². The first-order chi connectivity index (χ1) is 26.3. The summed E-state index contributed by atoms with van der Waals surface area (Å²) in [6, 6.07) is 43.3. The second-order valence-electron chi connectivity index (χ2n) is 13.1. The molecule has 0 spiro atoms. The third-order valence-electron chi connectivity index (χ3n) is 9.07. The Morgan fingerprint density at radius 2 is 1.44 bits per heavy atom. The number of fused-ring (bicyclic) bond motifs is 1. The number of anilines is 3. The Kier molecular flexibility index (Phi) is 10.9. The topological polar surface area (TPSA) is 97.2 Å². The molecule has 0 saturated heterocycles. The molecule has 7 rings (SSSR count). The highest BCUT2D eigenvalue weighted by molar-refractivity contribution is 6.30. The molecule has 54 heavy (non-hydrogen) atoms. The van der Waals surface area contributed by atoms with E-state index in [0.717, 1.165) is 46.9 Å². The fourth-order valence-electron chi connectivity index (χ4n) is 6.60. The fraction of sp³-hybridized carbons (Fsp3) is 0.163. The molecule has 0 bridgehead atoms. The van der Waals surface area contributed by atoms with Crippen molar-refractivity contribution in [3.63, 3.8) is 0 Å². The first-order valence-electron chi connectivity index (χ1n) is 17.6. The van der Waals surface area contributed by atoms with Crippen molar-refractivity contribution in [3.05, 3.63) is 173 Å². The molecule has 1 amide bonds. The Hall–Kier alpha value is -6.10. The number of amides is 1. The maximum atomic E-state index is 15.1. The van der Waals surface area contributed by atoms with Gasteiger partial charge in [-0.05, 0) is 73.1 Å². The van der Waals surface area contributed by atoms with Gasteiger partial charge in [0.15, 0.2) is 17.5 Å². The normalized spacial score (nSPS) is 11.5. The molecule has 0 aliphatic rings. The average Bonchev–Trinajstić information content (AvgIpc) is 3.54. The fourth-order valence-corrected chi connectivity index (χ4v) is 6.73. The second kappa shape index (κ2) is 16.3. The summed E-state index contributed by atoms with van der Waals surface area (Å²) < 4.78 is 22.8. The predicted molar refractivity (Wildman–Crippen MR) is 212 cm³/mol. The van der Waals surface area contributed by atoms with Crippen molar-refractivity contribution in [1.82, 2.24) is 24.6 Å². The van der Waals surface area contributed by atoms with Crippen molar-refractivity contribution in [2.24, 2.45) is 0 Å². The van der Waals surface area contributed by atoms with Crippen molar-refractivity contribution in [1.29, 1.82) is 0 Å². The van der Waals surface area contributed by atoms with Crippen molar-refractivity contribution >= 4 is 45.7 Å². The van der Waals surface area contributed by atoms with E-state index in [9.17, 15) is 4.79 Å². The van der Waals surface area contributed by atoms with E-state index in [1.54, 1.807) is 12.1 Å². The largest absolute Gasteiger partial charge is 0.463 e. The molecule has 0 aliphatic heterocycles. The highest BCUT2D eigenvalue weighted by atomic mass is 35.5. The van der Waals surface area contributed by atoms with Crippen molar-refractivity contribution < 1.29 is 13.9 Å². The standard InChI is InChI=1S/C43H39ClFN7O2/c1-51(2)25-12-26-54-42-46-29-37(45)41(49-42)47-35-23-24-38-36(28-35)40(48-39(53)27-30-19-21-34(44)22-20-30)50-52(38)43(31-13-6-3-7-14-31,32-15-8-4-9-16-32)33-17-10-5-11-18-33/h3-11,13-24,28-29H,12,25-27H2,1-2H3,(H,46,47,49)(H,48,50,53). The number of carbonyl (C=O) groups excluding carboxylic acids is 1. The molecular formula is C43H39ClFN7O2. The number of nitrogens with one attached hydrogen (secondary N) is 2. The average molecular weight is 740 g/mol. The zero-order valence-electron chi connectivity index (χ0n) is 29.9. The maximum Gasteiger partial charge on any atom is 0.318 e. The summed E-state index contributed by atoms with van der Waals surface area (Å²) in [6.07, 6.45) is 1.96. The molecule has 0 atom stereocenters. The lowest BCUT2D eigenvalue weighted by Gasteiger charge is -2.37. The van der Waals surface area contributed by atoms with Crippen molar-refractivity contribution in [2.75, 3.05) is 37.9 Å². The van der Waals surface area contributed by atoms with Gasteiger partial charge in [0.2, 0.25) is 5.91 Å². The molecule has 0 radical (unpaired) electrons. The van der Waals surface area contributed by atoms with Gasteiger partial charge in [-0.15, -0.1) is 0 Å². The Morgan fingerprint density at radius 1 is 0.833 bits per heavy atom. The zero-order chi connectivity index (χ0) is 37.5. The summed E-state index contributed by atoms with van der Waals surface area (Å²) in [5.74, 6) is -0.600. The van der Waals surface area contributed by atoms with E-state index in [4.69, 9.17) is 21.4 Å². The highest BCUT2D eigenvalue weighted by Crippen LogP contribution is 2.44. The molecule has 0 saturated carbocycles. The van der Waals surface area contributed by atoms with Gasteiger partial charge in [-0.3, -0.25) is 4.79 Å². The van der Waals surface area contributed by atoms with E-state index in [1.807, 2.05) is 104 Å². The highest BCUT2D eigenvalue weighted by Gasteiger charge is 2.41. The molecule has 2 N–H and O–H groups in total. The van der Waals surface area contributed by atoms with Gasteiger partial charge in [-0.1, -0.05) is 115 Å². The van der Waals surface area contributed by atoms with E-state index in [2.05, 4.69) is 61.9 Å². The van der Waals surface area contributed by atoms with Gasteiger partial charge in [0, 0.05) is 22.6 Å². The first kappa shape index (κ1) is 36.3. The summed E-state index contributed by atoms with van der Waals surface area (Å²) in [7, 11) is 3.97. The summed E-state index contributed by atoms with van der Waals surface area (Å²) >= 11 is 6.11. The molecule has 2 heterocycles. The Balaban J connectivity index is 1.36. The van der Waals surface area contributed by atoms with E-state index in [-0.39, 0.29) is 24.2 Å². The van der Waals surface area contributed by atoms with Gasteiger partial charge in [0.1, 0.15) is 5.54 Å². The second-order valence-corrected chi connectivity index (χ2v) is 13.6. The number of benzene rings is 5.